The van der Waals surface area contributed by atoms with Crippen LogP contribution in [0.15, 0.2) is 12.1 Å². The van der Waals surface area contributed by atoms with Gasteiger partial charge >= 0.3 is 0 Å². The highest BCUT2D eigenvalue weighted by Crippen LogP contribution is 2.20. The number of rotatable bonds is 5. The third-order valence-corrected chi connectivity index (χ3v) is 2.47. The normalized spacial score (nSPS) is 12.6. The highest BCUT2D eigenvalue weighted by Gasteiger charge is 2.11. The van der Waals surface area contributed by atoms with Crippen LogP contribution in [0.5, 0.6) is 0 Å². The van der Waals surface area contributed by atoms with Crippen molar-refractivity contribution in [1.29, 1.82) is 0 Å². The third-order valence-electron chi connectivity index (χ3n) is 2.47. The summed E-state index contributed by atoms with van der Waals surface area (Å²) in [5.41, 5.74) is 0.495. The van der Waals surface area contributed by atoms with Gasteiger partial charge in [-0.1, -0.05) is 6.92 Å². The number of ether oxygens (including phenoxy) is 1. The van der Waals surface area contributed by atoms with Gasteiger partial charge in [-0.25, -0.2) is 8.78 Å². The highest BCUT2D eigenvalue weighted by molar-refractivity contribution is 5.47. The zero-order chi connectivity index (χ0) is 12.1. The Morgan fingerprint density at radius 2 is 2.00 bits per heavy atom. The van der Waals surface area contributed by atoms with Crippen LogP contribution in [0.4, 0.5) is 14.5 Å². The minimum atomic E-state index is -0.437. The molecule has 1 aromatic rings. The van der Waals surface area contributed by atoms with E-state index in [9.17, 15) is 8.78 Å². The van der Waals surface area contributed by atoms with Crippen LogP contribution in [-0.4, -0.2) is 19.8 Å². The molecule has 0 aliphatic rings. The lowest BCUT2D eigenvalue weighted by molar-refractivity contribution is 0.184. The molecule has 16 heavy (non-hydrogen) atoms. The van der Waals surface area contributed by atoms with Crippen LogP contribution in [-0.2, 0) is 4.74 Å². The molecule has 0 fully saturated rings. The Kier molecular flexibility index (Phi) is 4.68. The quantitative estimate of drug-likeness (QED) is 0.837. The lowest BCUT2D eigenvalue weighted by Crippen LogP contribution is -2.24. The van der Waals surface area contributed by atoms with Gasteiger partial charge in [-0.2, -0.15) is 0 Å². The van der Waals surface area contributed by atoms with Crippen LogP contribution >= 0.6 is 0 Å². The van der Waals surface area contributed by atoms with E-state index in [2.05, 4.69) is 5.32 Å². The number of halogens is 2. The Bertz CT molecular complexity index is 355. The fraction of sp³-hybridized carbons (Fsp3) is 0.500. The maximum absolute atomic E-state index is 13.5. The summed E-state index contributed by atoms with van der Waals surface area (Å²) >= 11 is 0. The fourth-order valence-electron chi connectivity index (χ4n) is 1.44. The number of benzene rings is 1. The molecule has 1 N–H and O–H groups in total. The molecule has 0 saturated carbocycles. The van der Waals surface area contributed by atoms with E-state index in [-0.39, 0.29) is 11.7 Å². The van der Waals surface area contributed by atoms with Crippen LogP contribution in [0.2, 0.25) is 0 Å². The van der Waals surface area contributed by atoms with Crippen molar-refractivity contribution in [3.63, 3.8) is 0 Å². The lowest BCUT2D eigenvalue weighted by atomic mass is 10.1. The van der Waals surface area contributed by atoms with Crippen molar-refractivity contribution in [3.05, 3.63) is 29.3 Å². The Morgan fingerprint density at radius 3 is 2.56 bits per heavy atom. The Balaban J connectivity index is 2.83. The summed E-state index contributed by atoms with van der Waals surface area (Å²) in [4.78, 5) is 0. The van der Waals surface area contributed by atoms with Crippen molar-refractivity contribution in [2.24, 2.45) is 0 Å². The van der Waals surface area contributed by atoms with Gasteiger partial charge in [0.05, 0.1) is 12.3 Å². The number of aryl methyl sites for hydroxylation is 1. The smallest absolute Gasteiger partial charge is 0.146 e. The van der Waals surface area contributed by atoms with Crippen LogP contribution < -0.4 is 5.32 Å². The van der Waals surface area contributed by atoms with Crippen molar-refractivity contribution in [3.8, 4) is 0 Å². The van der Waals surface area contributed by atoms with Gasteiger partial charge in [0.1, 0.15) is 11.6 Å². The van der Waals surface area contributed by atoms with E-state index in [4.69, 9.17) is 4.74 Å². The van der Waals surface area contributed by atoms with E-state index in [1.165, 1.54) is 19.1 Å². The van der Waals surface area contributed by atoms with Crippen molar-refractivity contribution >= 4 is 5.69 Å². The first-order valence-corrected chi connectivity index (χ1v) is 5.29. The monoisotopic (exact) mass is 229 g/mol. The standard InChI is InChI=1S/C12H17F2NO/c1-4-9(7-16-3)15-12-6-10(13)8(2)5-11(12)14/h5-6,9,15H,4,7H2,1-3H3. The lowest BCUT2D eigenvalue weighted by Gasteiger charge is -2.18. The maximum Gasteiger partial charge on any atom is 0.146 e. The molecule has 1 atom stereocenters. The summed E-state index contributed by atoms with van der Waals surface area (Å²) in [6.45, 7) is 3.96. The fourth-order valence-corrected chi connectivity index (χ4v) is 1.44. The summed E-state index contributed by atoms with van der Waals surface area (Å²) < 4.78 is 31.7. The first-order valence-electron chi connectivity index (χ1n) is 5.29. The number of anilines is 1. The molecular weight excluding hydrogens is 212 g/mol. The molecule has 0 saturated heterocycles. The molecule has 4 heteroatoms. The maximum atomic E-state index is 13.5. The van der Waals surface area contributed by atoms with E-state index in [0.717, 1.165) is 6.42 Å². The van der Waals surface area contributed by atoms with Crippen molar-refractivity contribution in [1.82, 2.24) is 0 Å². The summed E-state index contributed by atoms with van der Waals surface area (Å²) in [6.07, 6.45) is 0.781. The SMILES string of the molecule is CCC(COC)Nc1cc(F)c(C)cc1F. The van der Waals surface area contributed by atoms with Gasteiger partial charge in [0.2, 0.25) is 0 Å². The van der Waals surface area contributed by atoms with E-state index in [1.807, 2.05) is 6.92 Å². The second-order valence-electron chi connectivity index (χ2n) is 3.79. The molecule has 0 aliphatic carbocycles. The molecule has 1 unspecified atom stereocenters. The summed E-state index contributed by atoms with van der Waals surface area (Å²) in [5, 5.41) is 2.93. The van der Waals surface area contributed by atoms with Crippen molar-refractivity contribution in [2.75, 3.05) is 19.0 Å². The molecule has 0 spiro atoms. The molecule has 90 valence electrons. The molecule has 1 rings (SSSR count). The molecule has 0 aliphatic heterocycles. The van der Waals surface area contributed by atoms with Crippen LogP contribution in [0, 0.1) is 18.6 Å². The average Bonchev–Trinajstić information content (AvgIpc) is 2.25. The van der Waals surface area contributed by atoms with Crippen LogP contribution in [0.1, 0.15) is 18.9 Å². The second kappa shape index (κ2) is 5.80. The molecular formula is C12H17F2NO. The third kappa shape index (κ3) is 3.17. The first-order chi connectivity index (χ1) is 7.58. The number of hydrogen-bond acceptors (Lipinski definition) is 2. The van der Waals surface area contributed by atoms with Gasteiger partial charge < -0.3 is 10.1 Å². The first kappa shape index (κ1) is 12.9. The minimum Gasteiger partial charge on any atom is -0.383 e. The minimum absolute atomic E-state index is 0.0124. The van der Waals surface area contributed by atoms with Crippen molar-refractivity contribution < 1.29 is 13.5 Å². The van der Waals surface area contributed by atoms with Crippen molar-refractivity contribution in [2.45, 2.75) is 26.3 Å². The zero-order valence-corrected chi connectivity index (χ0v) is 9.81. The zero-order valence-electron chi connectivity index (χ0n) is 9.81. The van der Waals surface area contributed by atoms with Gasteiger partial charge in [-0.3, -0.25) is 0 Å². The van der Waals surface area contributed by atoms with Gasteiger partial charge in [-0.15, -0.1) is 0 Å². The topological polar surface area (TPSA) is 21.3 Å². The van der Waals surface area contributed by atoms with Crippen LogP contribution in [0.3, 0.4) is 0 Å². The van der Waals surface area contributed by atoms with Gasteiger partial charge in [0, 0.05) is 19.2 Å². The van der Waals surface area contributed by atoms with Gasteiger partial charge in [-0.05, 0) is 25.0 Å². The number of methoxy groups -OCH3 is 1. The Morgan fingerprint density at radius 1 is 1.31 bits per heavy atom. The molecule has 2 nitrogen and oxygen atoms in total. The van der Waals surface area contributed by atoms with Crippen LogP contribution in [0.25, 0.3) is 0 Å². The Labute approximate surface area is 94.6 Å². The van der Waals surface area contributed by atoms with Gasteiger partial charge in [0.15, 0.2) is 0 Å². The molecule has 0 bridgehead atoms. The summed E-state index contributed by atoms with van der Waals surface area (Å²) in [5.74, 6) is -0.843. The van der Waals surface area contributed by atoms with E-state index < -0.39 is 11.6 Å². The summed E-state index contributed by atoms with van der Waals surface area (Å²) in [7, 11) is 1.58. The molecule has 0 aromatic heterocycles. The highest BCUT2D eigenvalue weighted by atomic mass is 19.1. The van der Waals surface area contributed by atoms with E-state index >= 15 is 0 Å². The Hall–Kier alpha value is -1.16. The predicted octanol–water partition coefficient (Wildman–Crippen LogP) is 3.11. The number of hydrogen-bond donors (Lipinski definition) is 1. The molecule has 0 amide bonds. The number of nitrogens with one attached hydrogen (secondary N) is 1. The largest absolute Gasteiger partial charge is 0.383 e. The molecule has 0 heterocycles. The van der Waals surface area contributed by atoms with E-state index in [1.54, 1.807) is 7.11 Å². The predicted molar refractivity (Wildman–Crippen MR) is 60.7 cm³/mol. The van der Waals surface area contributed by atoms with E-state index in [0.29, 0.717) is 12.2 Å². The average molecular weight is 229 g/mol. The van der Waals surface area contributed by atoms with Gasteiger partial charge in [0.25, 0.3) is 0 Å². The molecule has 0 radical (unpaired) electrons. The second-order valence-corrected chi connectivity index (χ2v) is 3.79. The molecule has 1 aromatic carbocycles. The summed E-state index contributed by atoms with van der Waals surface area (Å²) in [6, 6.07) is 2.36.